The van der Waals surface area contributed by atoms with Crippen LogP contribution in [0.2, 0.25) is 0 Å². The van der Waals surface area contributed by atoms with Gasteiger partial charge in [0.1, 0.15) is 11.9 Å². The van der Waals surface area contributed by atoms with Crippen molar-refractivity contribution in [2.45, 2.75) is 39.4 Å². The quantitative estimate of drug-likeness (QED) is 0.581. The van der Waals surface area contributed by atoms with Crippen molar-refractivity contribution in [1.82, 2.24) is 5.32 Å². The summed E-state index contributed by atoms with van der Waals surface area (Å²) >= 11 is 0. The molecule has 0 spiro atoms. The summed E-state index contributed by atoms with van der Waals surface area (Å²) in [6.07, 6.45) is -2.11. The number of aliphatic hydroxyl groups excluding tert-OH is 2. The smallest absolute Gasteiger partial charge is 0.216 e. The fraction of sp³-hybridized carbons (Fsp3) is 0.467. The van der Waals surface area contributed by atoms with Gasteiger partial charge in [-0.15, -0.1) is 0 Å². The van der Waals surface area contributed by atoms with Gasteiger partial charge in [0.15, 0.2) is 5.78 Å². The number of ketones is 1. The molecule has 0 aliphatic carbocycles. The Labute approximate surface area is 123 Å². The van der Waals surface area contributed by atoms with Crippen LogP contribution in [0, 0.1) is 6.92 Å². The number of hydrogen-bond donors (Lipinski definition) is 4. The van der Waals surface area contributed by atoms with Crippen LogP contribution in [0.1, 0.15) is 47.9 Å². The highest BCUT2D eigenvalue weighted by atomic mass is 16.3. The van der Waals surface area contributed by atoms with E-state index >= 15 is 0 Å². The van der Waals surface area contributed by atoms with E-state index in [9.17, 15) is 24.9 Å². The molecule has 2 unspecified atom stereocenters. The fourth-order valence-electron chi connectivity index (χ4n) is 2.07. The molecule has 0 bridgehead atoms. The van der Waals surface area contributed by atoms with E-state index in [-0.39, 0.29) is 36.0 Å². The summed E-state index contributed by atoms with van der Waals surface area (Å²) in [6, 6.07) is 2.77. The van der Waals surface area contributed by atoms with Crippen molar-refractivity contribution in [3.05, 3.63) is 28.8 Å². The van der Waals surface area contributed by atoms with Gasteiger partial charge in [-0.05, 0) is 43.5 Å². The topological polar surface area (TPSA) is 107 Å². The van der Waals surface area contributed by atoms with Crippen molar-refractivity contribution in [3.8, 4) is 5.75 Å². The number of aliphatic hydroxyl groups is 2. The molecular formula is C15H21NO5. The van der Waals surface area contributed by atoms with Gasteiger partial charge in [-0.25, -0.2) is 0 Å². The molecule has 21 heavy (non-hydrogen) atoms. The maximum Gasteiger partial charge on any atom is 0.216 e. The Morgan fingerprint density at radius 2 is 1.86 bits per heavy atom. The molecule has 1 rings (SSSR count). The summed E-state index contributed by atoms with van der Waals surface area (Å²) in [5.41, 5.74) is 1.13. The number of carbonyl (C=O) groups is 2. The van der Waals surface area contributed by atoms with E-state index in [1.165, 1.54) is 26.0 Å². The molecule has 1 aromatic rings. The molecule has 4 N–H and O–H groups in total. The summed E-state index contributed by atoms with van der Waals surface area (Å²) in [5.74, 6) is -0.713. The highest BCUT2D eigenvalue weighted by molar-refractivity contribution is 5.97. The normalized spacial score (nSPS) is 13.6. The van der Waals surface area contributed by atoms with Gasteiger partial charge in [0, 0.05) is 13.5 Å². The van der Waals surface area contributed by atoms with Crippen molar-refractivity contribution < 1.29 is 24.9 Å². The first-order valence-electron chi connectivity index (χ1n) is 6.69. The van der Waals surface area contributed by atoms with Gasteiger partial charge < -0.3 is 20.6 Å². The SMILES string of the molecule is CC(=O)NCCC(O)C(O)c1cc(O)c(C(C)=O)cc1C. The van der Waals surface area contributed by atoms with E-state index in [1.807, 2.05) is 0 Å². The fourth-order valence-corrected chi connectivity index (χ4v) is 2.07. The van der Waals surface area contributed by atoms with Gasteiger partial charge in [0.2, 0.25) is 5.91 Å². The van der Waals surface area contributed by atoms with E-state index in [1.54, 1.807) is 6.92 Å². The van der Waals surface area contributed by atoms with E-state index in [0.717, 1.165) is 0 Å². The third-order valence-corrected chi connectivity index (χ3v) is 3.26. The maximum atomic E-state index is 11.3. The lowest BCUT2D eigenvalue weighted by atomic mass is 9.94. The first-order chi connectivity index (χ1) is 9.73. The number of Topliss-reactive ketones (excluding diaryl/α,β-unsaturated/α-hetero) is 1. The van der Waals surface area contributed by atoms with Crippen molar-refractivity contribution in [2.24, 2.45) is 0 Å². The molecule has 0 saturated heterocycles. The number of carbonyl (C=O) groups excluding carboxylic acids is 2. The molecule has 0 saturated carbocycles. The van der Waals surface area contributed by atoms with E-state index in [4.69, 9.17) is 0 Å². The molecule has 0 radical (unpaired) electrons. The van der Waals surface area contributed by atoms with Crippen molar-refractivity contribution in [2.75, 3.05) is 6.54 Å². The zero-order chi connectivity index (χ0) is 16.2. The number of benzene rings is 1. The summed E-state index contributed by atoms with van der Waals surface area (Å²) in [7, 11) is 0. The van der Waals surface area contributed by atoms with Crippen molar-refractivity contribution in [1.29, 1.82) is 0 Å². The molecule has 0 aliphatic rings. The van der Waals surface area contributed by atoms with Gasteiger partial charge in [-0.1, -0.05) is 0 Å². The molecule has 0 heterocycles. The van der Waals surface area contributed by atoms with E-state index in [0.29, 0.717) is 11.1 Å². The number of rotatable bonds is 6. The van der Waals surface area contributed by atoms with Crippen LogP contribution in [0.5, 0.6) is 5.75 Å². The highest BCUT2D eigenvalue weighted by Gasteiger charge is 2.22. The second-order valence-corrected chi connectivity index (χ2v) is 5.07. The third kappa shape index (κ3) is 4.54. The third-order valence-electron chi connectivity index (χ3n) is 3.26. The van der Waals surface area contributed by atoms with Gasteiger partial charge in [0.25, 0.3) is 0 Å². The number of phenols is 1. The van der Waals surface area contributed by atoms with Crippen LogP contribution in [-0.2, 0) is 4.79 Å². The number of phenolic OH excluding ortho intramolecular Hbond substituents is 1. The summed E-state index contributed by atoms with van der Waals surface area (Å²) in [4.78, 5) is 22.1. The number of aryl methyl sites for hydroxylation is 1. The second kappa shape index (κ2) is 7.19. The second-order valence-electron chi connectivity index (χ2n) is 5.07. The van der Waals surface area contributed by atoms with E-state index in [2.05, 4.69) is 5.32 Å². The molecule has 2 atom stereocenters. The van der Waals surface area contributed by atoms with Crippen LogP contribution in [-0.4, -0.2) is 39.7 Å². The Kier molecular flexibility index (Phi) is 5.87. The Hall–Kier alpha value is -1.92. The lowest BCUT2D eigenvalue weighted by molar-refractivity contribution is -0.119. The van der Waals surface area contributed by atoms with Gasteiger partial charge in [-0.2, -0.15) is 0 Å². The maximum absolute atomic E-state index is 11.3. The van der Waals surface area contributed by atoms with Crippen molar-refractivity contribution >= 4 is 11.7 Å². The van der Waals surface area contributed by atoms with Gasteiger partial charge >= 0.3 is 0 Å². The minimum Gasteiger partial charge on any atom is -0.507 e. The number of hydrogen-bond acceptors (Lipinski definition) is 5. The van der Waals surface area contributed by atoms with Crippen molar-refractivity contribution in [3.63, 3.8) is 0 Å². The molecule has 1 amide bonds. The molecule has 116 valence electrons. The molecule has 6 nitrogen and oxygen atoms in total. The molecule has 6 heteroatoms. The predicted molar refractivity (Wildman–Crippen MR) is 77.1 cm³/mol. The van der Waals surface area contributed by atoms with Crippen LogP contribution in [0.25, 0.3) is 0 Å². The largest absolute Gasteiger partial charge is 0.507 e. The summed E-state index contributed by atoms with van der Waals surface area (Å²) in [6.45, 7) is 4.63. The first-order valence-corrected chi connectivity index (χ1v) is 6.69. The molecule has 0 aliphatic heterocycles. The van der Waals surface area contributed by atoms with Crippen LogP contribution < -0.4 is 5.32 Å². The average molecular weight is 295 g/mol. The predicted octanol–water partition coefficient (Wildman–Crippen LogP) is 0.824. The highest BCUT2D eigenvalue weighted by Crippen LogP contribution is 2.29. The minimum atomic E-state index is -1.20. The zero-order valence-corrected chi connectivity index (χ0v) is 12.4. The number of nitrogens with one attached hydrogen (secondary N) is 1. The number of aromatic hydroxyl groups is 1. The standard InChI is InChI=1S/C15H21NO5/c1-8-6-12(9(2)17)14(20)7-11(8)15(21)13(19)4-5-16-10(3)18/h6-7,13,15,19-21H,4-5H2,1-3H3,(H,16,18). The Bertz CT molecular complexity index is 541. The van der Waals surface area contributed by atoms with Gasteiger partial charge in [-0.3, -0.25) is 9.59 Å². The van der Waals surface area contributed by atoms with Crippen LogP contribution >= 0.6 is 0 Å². The lowest BCUT2D eigenvalue weighted by Crippen LogP contribution is -2.28. The number of amides is 1. The van der Waals surface area contributed by atoms with Crippen LogP contribution in [0.3, 0.4) is 0 Å². The monoisotopic (exact) mass is 295 g/mol. The van der Waals surface area contributed by atoms with Crippen LogP contribution in [0.15, 0.2) is 12.1 Å². The first kappa shape index (κ1) is 17.1. The Balaban J connectivity index is 2.87. The minimum absolute atomic E-state index is 0.176. The zero-order valence-electron chi connectivity index (χ0n) is 12.4. The molecular weight excluding hydrogens is 274 g/mol. The summed E-state index contributed by atoms with van der Waals surface area (Å²) in [5, 5.41) is 32.4. The Morgan fingerprint density at radius 3 is 2.38 bits per heavy atom. The Morgan fingerprint density at radius 1 is 1.24 bits per heavy atom. The molecule has 0 aromatic heterocycles. The lowest BCUT2D eigenvalue weighted by Gasteiger charge is -2.21. The molecule has 1 aromatic carbocycles. The average Bonchev–Trinajstić information content (AvgIpc) is 2.39. The van der Waals surface area contributed by atoms with Crippen LogP contribution in [0.4, 0.5) is 0 Å². The molecule has 0 fully saturated rings. The summed E-state index contributed by atoms with van der Waals surface area (Å²) < 4.78 is 0. The van der Waals surface area contributed by atoms with E-state index < -0.39 is 12.2 Å². The van der Waals surface area contributed by atoms with Gasteiger partial charge in [0.05, 0.1) is 11.7 Å².